The average molecular weight is 357 g/mol. The number of hydrogen-bond acceptors (Lipinski definition) is 4. The van der Waals surface area contributed by atoms with Gasteiger partial charge >= 0.3 is 6.03 Å². The summed E-state index contributed by atoms with van der Waals surface area (Å²) in [5.74, 6) is 1.61. The van der Waals surface area contributed by atoms with Crippen LogP contribution in [0, 0.1) is 0 Å². The average Bonchev–Trinajstić information content (AvgIpc) is 2.67. The standard InChI is InChI=1S/C20H27N3O3/c1-23(2)18(17-7-5-6-8-19(17)26-4)14-22-20(24)21-13-15-9-11-16(25-3)12-10-15/h5-12,18H,13-14H2,1-4H3,(H2,21,22,24). The van der Waals surface area contributed by atoms with Crippen molar-refractivity contribution in [3.63, 3.8) is 0 Å². The van der Waals surface area contributed by atoms with E-state index in [0.717, 1.165) is 22.6 Å². The second-order valence-electron chi connectivity index (χ2n) is 6.13. The number of benzene rings is 2. The normalized spacial score (nSPS) is 11.7. The number of ether oxygens (including phenoxy) is 2. The Hall–Kier alpha value is -2.73. The molecule has 2 aromatic carbocycles. The minimum absolute atomic E-state index is 0.0119. The van der Waals surface area contributed by atoms with E-state index in [-0.39, 0.29) is 12.1 Å². The molecule has 2 amide bonds. The summed E-state index contributed by atoms with van der Waals surface area (Å²) >= 11 is 0. The van der Waals surface area contributed by atoms with E-state index in [4.69, 9.17) is 9.47 Å². The number of urea groups is 1. The highest BCUT2D eigenvalue weighted by atomic mass is 16.5. The van der Waals surface area contributed by atoms with E-state index in [1.54, 1.807) is 14.2 Å². The Morgan fingerprint density at radius 2 is 1.69 bits per heavy atom. The highest BCUT2D eigenvalue weighted by molar-refractivity contribution is 5.73. The first kappa shape index (κ1) is 19.6. The van der Waals surface area contributed by atoms with E-state index in [2.05, 4.69) is 15.5 Å². The second-order valence-corrected chi connectivity index (χ2v) is 6.13. The predicted molar refractivity (Wildman–Crippen MR) is 103 cm³/mol. The maximum Gasteiger partial charge on any atom is 0.315 e. The lowest BCUT2D eigenvalue weighted by atomic mass is 10.0. The third kappa shape index (κ3) is 5.39. The number of likely N-dealkylation sites (N-methyl/N-ethyl adjacent to an activating group) is 1. The Labute approximate surface area is 155 Å². The third-order valence-corrected chi connectivity index (χ3v) is 4.19. The maximum absolute atomic E-state index is 12.2. The number of nitrogens with one attached hydrogen (secondary N) is 2. The first-order valence-corrected chi connectivity index (χ1v) is 8.49. The van der Waals surface area contributed by atoms with Crippen LogP contribution in [0.3, 0.4) is 0 Å². The van der Waals surface area contributed by atoms with Crippen LogP contribution in [-0.4, -0.2) is 45.8 Å². The zero-order valence-corrected chi connectivity index (χ0v) is 15.8. The molecule has 0 bridgehead atoms. The zero-order valence-electron chi connectivity index (χ0n) is 15.8. The number of carbonyl (C=O) groups is 1. The van der Waals surface area contributed by atoms with Crippen molar-refractivity contribution in [2.24, 2.45) is 0 Å². The van der Waals surface area contributed by atoms with E-state index in [0.29, 0.717) is 13.1 Å². The van der Waals surface area contributed by atoms with Gasteiger partial charge in [-0.15, -0.1) is 0 Å². The molecule has 0 fully saturated rings. The summed E-state index contributed by atoms with van der Waals surface area (Å²) < 4.78 is 10.6. The molecular weight excluding hydrogens is 330 g/mol. The van der Waals surface area contributed by atoms with Gasteiger partial charge in [-0.3, -0.25) is 0 Å². The Bertz CT molecular complexity index is 702. The van der Waals surface area contributed by atoms with Crippen LogP contribution in [0.15, 0.2) is 48.5 Å². The molecule has 140 valence electrons. The van der Waals surface area contributed by atoms with E-state index in [1.807, 2.05) is 62.6 Å². The van der Waals surface area contributed by atoms with Crippen molar-refractivity contribution in [2.75, 3.05) is 34.9 Å². The summed E-state index contributed by atoms with van der Waals surface area (Å²) in [5, 5.41) is 5.80. The SMILES string of the molecule is COc1ccc(CNC(=O)NCC(c2ccccc2OC)N(C)C)cc1. The van der Waals surface area contributed by atoms with Crippen LogP contribution in [0.5, 0.6) is 11.5 Å². The molecule has 2 aromatic rings. The quantitative estimate of drug-likeness (QED) is 0.763. The summed E-state index contributed by atoms with van der Waals surface area (Å²) in [4.78, 5) is 14.2. The summed E-state index contributed by atoms with van der Waals surface area (Å²) in [6, 6.07) is 15.3. The van der Waals surface area contributed by atoms with E-state index in [1.165, 1.54) is 0 Å². The fourth-order valence-corrected chi connectivity index (χ4v) is 2.69. The van der Waals surface area contributed by atoms with Crippen molar-refractivity contribution in [3.05, 3.63) is 59.7 Å². The summed E-state index contributed by atoms with van der Waals surface area (Å²) in [6.07, 6.45) is 0. The third-order valence-electron chi connectivity index (χ3n) is 4.19. The molecule has 0 aliphatic carbocycles. The second kappa shape index (κ2) is 9.68. The minimum Gasteiger partial charge on any atom is -0.497 e. The van der Waals surface area contributed by atoms with Gasteiger partial charge in [0, 0.05) is 18.7 Å². The van der Waals surface area contributed by atoms with Crippen LogP contribution >= 0.6 is 0 Å². The molecule has 0 radical (unpaired) electrons. The van der Waals surface area contributed by atoms with Crippen LogP contribution < -0.4 is 20.1 Å². The van der Waals surface area contributed by atoms with Crippen LogP contribution in [0.4, 0.5) is 4.79 Å². The van der Waals surface area contributed by atoms with Crippen molar-refractivity contribution < 1.29 is 14.3 Å². The number of carbonyl (C=O) groups excluding carboxylic acids is 1. The number of rotatable bonds is 8. The number of methoxy groups -OCH3 is 2. The molecule has 0 aromatic heterocycles. The highest BCUT2D eigenvalue weighted by Crippen LogP contribution is 2.27. The van der Waals surface area contributed by atoms with Crippen LogP contribution in [-0.2, 0) is 6.54 Å². The van der Waals surface area contributed by atoms with Gasteiger partial charge in [0.15, 0.2) is 0 Å². The summed E-state index contributed by atoms with van der Waals surface area (Å²) in [7, 11) is 7.24. The van der Waals surface area contributed by atoms with Gasteiger partial charge in [0.05, 0.1) is 20.3 Å². The lowest BCUT2D eigenvalue weighted by Gasteiger charge is -2.26. The minimum atomic E-state index is -0.206. The van der Waals surface area contributed by atoms with Gasteiger partial charge in [-0.05, 0) is 37.9 Å². The smallest absolute Gasteiger partial charge is 0.315 e. The molecule has 2 N–H and O–H groups in total. The van der Waals surface area contributed by atoms with Crippen molar-refractivity contribution in [1.82, 2.24) is 15.5 Å². The van der Waals surface area contributed by atoms with Gasteiger partial charge < -0.3 is 25.0 Å². The van der Waals surface area contributed by atoms with Crippen LogP contribution in [0.2, 0.25) is 0 Å². The van der Waals surface area contributed by atoms with Gasteiger partial charge in [0.2, 0.25) is 0 Å². The fraction of sp³-hybridized carbons (Fsp3) is 0.350. The first-order valence-electron chi connectivity index (χ1n) is 8.49. The number of para-hydroxylation sites is 1. The molecule has 0 saturated heterocycles. The Morgan fingerprint density at radius 1 is 1.00 bits per heavy atom. The van der Waals surface area contributed by atoms with Gasteiger partial charge in [0.1, 0.15) is 11.5 Å². The molecule has 0 saturated carbocycles. The molecule has 0 spiro atoms. The van der Waals surface area contributed by atoms with E-state index >= 15 is 0 Å². The van der Waals surface area contributed by atoms with Gasteiger partial charge in [-0.1, -0.05) is 30.3 Å². The van der Waals surface area contributed by atoms with Crippen molar-refractivity contribution in [3.8, 4) is 11.5 Å². The Morgan fingerprint density at radius 3 is 2.31 bits per heavy atom. The molecule has 26 heavy (non-hydrogen) atoms. The topological polar surface area (TPSA) is 62.8 Å². The Balaban J connectivity index is 1.90. The van der Waals surface area contributed by atoms with Crippen molar-refractivity contribution >= 4 is 6.03 Å². The molecule has 1 unspecified atom stereocenters. The number of hydrogen-bond donors (Lipinski definition) is 2. The largest absolute Gasteiger partial charge is 0.497 e. The molecule has 2 rings (SSSR count). The molecule has 6 nitrogen and oxygen atoms in total. The molecule has 6 heteroatoms. The summed E-state index contributed by atoms with van der Waals surface area (Å²) in [6.45, 7) is 0.929. The highest BCUT2D eigenvalue weighted by Gasteiger charge is 2.18. The molecule has 0 heterocycles. The van der Waals surface area contributed by atoms with Crippen LogP contribution in [0.25, 0.3) is 0 Å². The fourth-order valence-electron chi connectivity index (χ4n) is 2.69. The lowest BCUT2D eigenvalue weighted by molar-refractivity contribution is 0.231. The van der Waals surface area contributed by atoms with E-state index < -0.39 is 0 Å². The molecular formula is C20H27N3O3. The molecule has 1 atom stereocenters. The van der Waals surface area contributed by atoms with Crippen LogP contribution in [0.1, 0.15) is 17.2 Å². The zero-order chi connectivity index (χ0) is 18.9. The molecule has 0 aliphatic rings. The molecule has 0 aliphatic heterocycles. The monoisotopic (exact) mass is 357 g/mol. The number of amides is 2. The number of nitrogens with zero attached hydrogens (tertiary/aromatic N) is 1. The first-order chi connectivity index (χ1) is 12.5. The van der Waals surface area contributed by atoms with Gasteiger partial charge in [-0.25, -0.2) is 4.79 Å². The van der Waals surface area contributed by atoms with Crippen molar-refractivity contribution in [1.29, 1.82) is 0 Å². The van der Waals surface area contributed by atoms with E-state index in [9.17, 15) is 4.79 Å². The Kier molecular flexibility index (Phi) is 7.29. The van der Waals surface area contributed by atoms with Crippen molar-refractivity contribution in [2.45, 2.75) is 12.6 Å². The van der Waals surface area contributed by atoms with Gasteiger partial charge in [-0.2, -0.15) is 0 Å². The van der Waals surface area contributed by atoms with Gasteiger partial charge in [0.25, 0.3) is 0 Å². The predicted octanol–water partition coefficient (Wildman–Crippen LogP) is 2.81. The lowest BCUT2D eigenvalue weighted by Crippen LogP contribution is -2.40. The summed E-state index contributed by atoms with van der Waals surface area (Å²) in [5.41, 5.74) is 2.05. The maximum atomic E-state index is 12.2.